The van der Waals surface area contributed by atoms with Crippen LogP contribution in [0.15, 0.2) is 60.8 Å². The van der Waals surface area contributed by atoms with E-state index < -0.39 is 40.7 Å². The number of amides is 1. The number of fused-ring (bicyclic) bond motifs is 7. The molecule has 302 valence electrons. The van der Waals surface area contributed by atoms with Crippen LogP contribution >= 0.6 is 0 Å². The zero-order valence-electron chi connectivity index (χ0n) is 32.0. The van der Waals surface area contributed by atoms with Crippen LogP contribution < -0.4 is 19.7 Å². The minimum atomic E-state index is -4.80. The molecule has 3 fully saturated rings. The largest absolute Gasteiger partial charge is 0.461 e. The van der Waals surface area contributed by atoms with Gasteiger partial charge in [0.2, 0.25) is 0 Å². The fraction of sp³-hybridized carbons (Fsp3) is 0.419. The van der Waals surface area contributed by atoms with Gasteiger partial charge in [-0.05, 0) is 112 Å². The van der Waals surface area contributed by atoms with Crippen LogP contribution in [0, 0.1) is 5.82 Å². The topological polar surface area (TPSA) is 119 Å². The molecule has 7 heterocycles. The lowest BCUT2D eigenvalue weighted by Crippen LogP contribution is -2.57. The van der Waals surface area contributed by atoms with Crippen LogP contribution in [0.4, 0.5) is 28.2 Å². The zero-order chi connectivity index (χ0) is 40.2. The Kier molecular flexibility index (Phi) is 9.60. The van der Waals surface area contributed by atoms with Crippen molar-refractivity contribution in [1.82, 2.24) is 25.2 Å². The van der Waals surface area contributed by atoms with E-state index in [-0.39, 0.29) is 40.7 Å². The molecule has 5 aromatic rings. The summed E-state index contributed by atoms with van der Waals surface area (Å²) in [7, 11) is 0. The molecule has 0 aliphatic carbocycles. The maximum atomic E-state index is 17.5. The highest BCUT2D eigenvalue weighted by atomic mass is 19.4. The quantitative estimate of drug-likeness (QED) is 0.106. The Bertz CT molecular complexity index is 2440. The monoisotopic (exact) mass is 798 g/mol. The van der Waals surface area contributed by atoms with Crippen molar-refractivity contribution in [3.8, 4) is 23.0 Å². The normalized spacial score (nSPS) is 20.8. The van der Waals surface area contributed by atoms with Gasteiger partial charge in [-0.15, -0.1) is 0 Å². The molecule has 3 saturated heterocycles. The van der Waals surface area contributed by atoms with Gasteiger partial charge < -0.3 is 24.4 Å². The minimum absolute atomic E-state index is 0.0146. The van der Waals surface area contributed by atoms with Crippen LogP contribution in [0.5, 0.6) is 11.8 Å². The Labute approximate surface area is 331 Å². The Morgan fingerprint density at radius 2 is 1.78 bits per heavy atom. The van der Waals surface area contributed by atoms with Crippen molar-refractivity contribution >= 4 is 39.6 Å². The number of alkyl halides is 3. The number of hydrogen-bond acceptors (Lipinski definition) is 10. The van der Waals surface area contributed by atoms with E-state index in [0.717, 1.165) is 56.5 Å². The summed E-state index contributed by atoms with van der Waals surface area (Å²) in [5.74, 6) is -1.69. The molecule has 15 heteroatoms. The first-order valence-electron chi connectivity index (χ1n) is 19.8. The molecule has 5 aliphatic heterocycles. The van der Waals surface area contributed by atoms with Crippen molar-refractivity contribution in [1.29, 1.82) is 0 Å². The van der Waals surface area contributed by atoms with Gasteiger partial charge in [-0.1, -0.05) is 30.3 Å². The van der Waals surface area contributed by atoms with Crippen LogP contribution in [0.1, 0.15) is 73.4 Å². The number of halogens is 4. The number of anilines is 1. The number of hydrogen-bond donors (Lipinski definition) is 1. The number of carbonyl (C=O) groups is 2. The standard InChI is InChI=1S/C43H42F4N6O5/c1-41-14-6-17-52(24-41)37-31-23-48-35(34(44)36(31)49-39(50-37)57-25-42-15-7-18-53(42)19-8-16-42)30-22-28(58-38(54)29-12-2-3-13-32(29)43(45,46)47)21-27-10-4-9-26(33(27)30)11-5-20-56-40(55)51-41/h2-4,9-10,12-13,21-23H,5-8,11,14-20,24-25H2,1H3,(H,51,55)/t41-/m1/s1. The van der Waals surface area contributed by atoms with Crippen molar-refractivity contribution < 1.29 is 41.4 Å². The van der Waals surface area contributed by atoms with Crippen molar-refractivity contribution in [3.63, 3.8) is 0 Å². The predicted octanol–water partition coefficient (Wildman–Crippen LogP) is 8.26. The lowest BCUT2D eigenvalue weighted by Gasteiger charge is -2.41. The van der Waals surface area contributed by atoms with Crippen molar-refractivity contribution in [2.24, 2.45) is 0 Å². The number of aryl methyl sites for hydroxylation is 1. The molecule has 0 unspecified atom stereocenters. The summed E-state index contributed by atoms with van der Waals surface area (Å²) in [5.41, 5.74) is -1.75. The number of rotatable bonds is 5. The molecule has 3 aromatic carbocycles. The van der Waals surface area contributed by atoms with Crippen LogP contribution in [0.25, 0.3) is 32.9 Å². The first-order chi connectivity index (χ1) is 27.9. The molecule has 1 N–H and O–H groups in total. The van der Waals surface area contributed by atoms with Gasteiger partial charge in [-0.25, -0.2) is 14.0 Å². The van der Waals surface area contributed by atoms with Crippen LogP contribution in [0.3, 0.4) is 0 Å². The number of benzene rings is 3. The molecular weight excluding hydrogens is 757 g/mol. The number of piperidine rings is 1. The van der Waals surface area contributed by atoms with E-state index in [1.165, 1.54) is 30.5 Å². The van der Waals surface area contributed by atoms with Gasteiger partial charge in [0.25, 0.3) is 0 Å². The number of esters is 1. The zero-order valence-corrected chi connectivity index (χ0v) is 32.0. The average Bonchev–Trinajstić information content (AvgIpc) is 3.79. The van der Waals surface area contributed by atoms with Gasteiger partial charge in [0.05, 0.1) is 34.2 Å². The average molecular weight is 799 g/mol. The molecular formula is C43H42F4N6O5. The summed E-state index contributed by atoms with van der Waals surface area (Å²) in [5, 5.41) is 4.50. The second-order valence-electron chi connectivity index (χ2n) is 16.1. The highest BCUT2D eigenvalue weighted by molar-refractivity contribution is 6.02. The molecule has 6 bridgehead atoms. The Hall–Kier alpha value is -5.57. The molecule has 0 radical (unpaired) electrons. The molecule has 10 rings (SSSR count). The summed E-state index contributed by atoms with van der Waals surface area (Å²) < 4.78 is 76.9. The van der Waals surface area contributed by atoms with E-state index in [1.54, 1.807) is 12.1 Å². The number of pyridine rings is 1. The summed E-state index contributed by atoms with van der Waals surface area (Å²) in [6, 6.07) is 12.7. The molecule has 1 atom stereocenters. The van der Waals surface area contributed by atoms with Crippen LogP contribution in [-0.4, -0.2) is 82.4 Å². The molecule has 1 amide bonds. The SMILES string of the molecule is C[C@@]12CCCN(C1)c1nc(OCC34CCCN3CCC4)nc3c(F)c(ncc13)-c1cc(OC(=O)c3ccccc3C(F)(F)F)cc3cccc(c13)CCCOC(=O)N2. The second-order valence-corrected chi connectivity index (χ2v) is 16.1. The van der Waals surface area contributed by atoms with Gasteiger partial charge in [0, 0.05) is 24.8 Å². The maximum Gasteiger partial charge on any atom is 0.417 e. The molecule has 5 aliphatic rings. The highest BCUT2D eigenvalue weighted by Crippen LogP contribution is 2.42. The number of nitrogens with one attached hydrogen (secondary N) is 1. The third-order valence-electron chi connectivity index (χ3n) is 12.1. The molecule has 0 spiro atoms. The number of nitrogens with zero attached hydrogens (tertiary/aromatic N) is 5. The number of carbonyl (C=O) groups excluding carboxylic acids is 2. The van der Waals surface area contributed by atoms with Gasteiger partial charge in [0.1, 0.15) is 29.4 Å². The van der Waals surface area contributed by atoms with Crippen molar-refractivity contribution in [3.05, 3.63) is 83.3 Å². The predicted molar refractivity (Wildman–Crippen MR) is 208 cm³/mol. The summed E-state index contributed by atoms with van der Waals surface area (Å²) in [6.45, 7) is 5.32. The van der Waals surface area contributed by atoms with E-state index in [9.17, 15) is 22.8 Å². The molecule has 2 aromatic heterocycles. The molecule has 11 nitrogen and oxygen atoms in total. The van der Waals surface area contributed by atoms with Gasteiger partial charge in [0.15, 0.2) is 5.82 Å². The van der Waals surface area contributed by atoms with Crippen molar-refractivity contribution in [2.75, 3.05) is 44.3 Å². The van der Waals surface area contributed by atoms with Crippen molar-refractivity contribution in [2.45, 2.75) is 75.5 Å². The van der Waals surface area contributed by atoms with E-state index in [1.807, 2.05) is 17.9 Å². The minimum Gasteiger partial charge on any atom is -0.461 e. The Morgan fingerprint density at radius 1 is 0.983 bits per heavy atom. The van der Waals surface area contributed by atoms with Gasteiger partial charge in [-0.3, -0.25) is 9.88 Å². The van der Waals surface area contributed by atoms with Crippen LogP contribution in [0.2, 0.25) is 0 Å². The maximum absolute atomic E-state index is 17.5. The fourth-order valence-electron chi connectivity index (χ4n) is 9.41. The first-order valence-corrected chi connectivity index (χ1v) is 19.8. The van der Waals surface area contributed by atoms with Gasteiger partial charge in [-0.2, -0.15) is 23.1 Å². The number of ether oxygens (including phenoxy) is 3. The lowest BCUT2D eigenvalue weighted by atomic mass is 9.91. The van der Waals surface area contributed by atoms with E-state index in [2.05, 4.69) is 20.2 Å². The summed E-state index contributed by atoms with van der Waals surface area (Å²) in [4.78, 5) is 45.2. The van der Waals surface area contributed by atoms with E-state index in [4.69, 9.17) is 19.2 Å². The third-order valence-corrected chi connectivity index (χ3v) is 12.1. The van der Waals surface area contributed by atoms with Gasteiger partial charge >= 0.3 is 24.2 Å². The smallest absolute Gasteiger partial charge is 0.417 e. The second kappa shape index (κ2) is 14.7. The summed E-state index contributed by atoms with van der Waals surface area (Å²) in [6.07, 6.45) is 2.51. The Balaban J connectivity index is 1.20. The molecule has 58 heavy (non-hydrogen) atoms. The highest BCUT2D eigenvalue weighted by Gasteiger charge is 2.45. The molecule has 0 saturated carbocycles. The first kappa shape index (κ1) is 38.0. The number of alkyl carbamates (subject to hydrolysis) is 1. The summed E-state index contributed by atoms with van der Waals surface area (Å²) >= 11 is 0. The van der Waals surface area contributed by atoms with Crippen LogP contribution in [-0.2, 0) is 17.3 Å². The van der Waals surface area contributed by atoms with E-state index >= 15 is 4.39 Å². The number of aromatic nitrogens is 3. The Morgan fingerprint density at radius 3 is 2.59 bits per heavy atom. The van der Waals surface area contributed by atoms with E-state index in [0.29, 0.717) is 67.4 Å². The lowest BCUT2D eigenvalue weighted by molar-refractivity contribution is -0.138. The fourth-order valence-corrected chi connectivity index (χ4v) is 9.41. The third kappa shape index (κ3) is 7.03.